The average Bonchev–Trinajstić information content (AvgIpc) is 2.30. The van der Waals surface area contributed by atoms with Gasteiger partial charge in [0.1, 0.15) is 0 Å². The standard InChI is InChI=1S/C14H23N3O2/c1-10(2)8-14(4,9-15)16-13-6-5-12(17(18)19)7-11(13)3/h5-7,10,16H,8-9,15H2,1-4H3. The molecule has 5 nitrogen and oxygen atoms in total. The quantitative estimate of drug-likeness (QED) is 0.611. The summed E-state index contributed by atoms with van der Waals surface area (Å²) in [7, 11) is 0. The molecule has 1 atom stereocenters. The maximum absolute atomic E-state index is 10.7. The van der Waals surface area contributed by atoms with Crippen molar-refractivity contribution in [3.8, 4) is 0 Å². The summed E-state index contributed by atoms with van der Waals surface area (Å²) in [4.78, 5) is 10.3. The first-order valence-electron chi connectivity index (χ1n) is 6.51. The second-order valence-corrected chi connectivity index (χ2v) is 5.74. The lowest BCUT2D eigenvalue weighted by atomic mass is 9.90. The summed E-state index contributed by atoms with van der Waals surface area (Å²) in [6, 6.07) is 4.85. The lowest BCUT2D eigenvalue weighted by Crippen LogP contribution is -2.43. The summed E-state index contributed by atoms with van der Waals surface area (Å²) in [5.41, 5.74) is 7.53. The van der Waals surface area contributed by atoms with Gasteiger partial charge < -0.3 is 11.1 Å². The number of aryl methyl sites for hydroxylation is 1. The summed E-state index contributed by atoms with van der Waals surface area (Å²) < 4.78 is 0. The molecule has 0 spiro atoms. The summed E-state index contributed by atoms with van der Waals surface area (Å²) >= 11 is 0. The minimum atomic E-state index is -0.382. The van der Waals surface area contributed by atoms with Gasteiger partial charge in [0.05, 0.1) is 4.92 Å². The third kappa shape index (κ3) is 4.21. The van der Waals surface area contributed by atoms with E-state index in [1.165, 1.54) is 6.07 Å². The van der Waals surface area contributed by atoms with Gasteiger partial charge in [0, 0.05) is 29.9 Å². The van der Waals surface area contributed by atoms with Crippen LogP contribution in [0.5, 0.6) is 0 Å². The van der Waals surface area contributed by atoms with Gasteiger partial charge in [-0.25, -0.2) is 0 Å². The number of nitrogens with zero attached hydrogens (tertiary/aromatic N) is 1. The number of nitro groups is 1. The van der Waals surface area contributed by atoms with Crippen molar-refractivity contribution in [3.05, 3.63) is 33.9 Å². The molecule has 0 aliphatic carbocycles. The Morgan fingerprint density at radius 2 is 2.11 bits per heavy atom. The first-order chi connectivity index (χ1) is 8.77. The molecule has 0 heterocycles. The van der Waals surface area contributed by atoms with Crippen molar-refractivity contribution >= 4 is 11.4 Å². The fraction of sp³-hybridized carbons (Fsp3) is 0.571. The first kappa shape index (κ1) is 15.4. The zero-order valence-electron chi connectivity index (χ0n) is 12.1. The maximum atomic E-state index is 10.7. The van der Waals surface area contributed by atoms with E-state index in [1.807, 2.05) is 6.92 Å². The van der Waals surface area contributed by atoms with E-state index in [2.05, 4.69) is 26.1 Å². The second-order valence-electron chi connectivity index (χ2n) is 5.74. The van der Waals surface area contributed by atoms with Crippen LogP contribution in [0.15, 0.2) is 18.2 Å². The van der Waals surface area contributed by atoms with Gasteiger partial charge in [-0.2, -0.15) is 0 Å². The Bertz CT molecular complexity index is 460. The fourth-order valence-electron chi connectivity index (χ4n) is 2.31. The summed E-state index contributed by atoms with van der Waals surface area (Å²) in [5.74, 6) is 0.527. The summed E-state index contributed by atoms with van der Waals surface area (Å²) in [5, 5.41) is 14.1. The molecule has 0 bridgehead atoms. The predicted molar refractivity (Wildman–Crippen MR) is 78.4 cm³/mol. The first-order valence-corrected chi connectivity index (χ1v) is 6.51. The number of rotatable bonds is 6. The fourth-order valence-corrected chi connectivity index (χ4v) is 2.31. The molecule has 19 heavy (non-hydrogen) atoms. The van der Waals surface area contributed by atoms with E-state index in [1.54, 1.807) is 12.1 Å². The van der Waals surface area contributed by atoms with Crippen molar-refractivity contribution in [2.45, 2.75) is 39.7 Å². The molecule has 1 aromatic carbocycles. The molecule has 0 amide bonds. The van der Waals surface area contributed by atoms with E-state index < -0.39 is 0 Å². The largest absolute Gasteiger partial charge is 0.378 e. The van der Waals surface area contributed by atoms with Crippen LogP contribution in [0.1, 0.15) is 32.8 Å². The molecule has 1 rings (SSSR count). The SMILES string of the molecule is Cc1cc([N+](=O)[O-])ccc1NC(C)(CN)CC(C)C. The van der Waals surface area contributed by atoms with Gasteiger partial charge in [0.2, 0.25) is 0 Å². The van der Waals surface area contributed by atoms with Crippen LogP contribution in [0.25, 0.3) is 0 Å². The molecular weight excluding hydrogens is 242 g/mol. The van der Waals surface area contributed by atoms with Crippen LogP contribution in [-0.2, 0) is 0 Å². The Kier molecular flexibility index (Phi) is 4.89. The number of anilines is 1. The molecule has 0 aliphatic heterocycles. The second kappa shape index (κ2) is 6.02. The Morgan fingerprint density at radius 3 is 2.53 bits per heavy atom. The minimum Gasteiger partial charge on any atom is -0.378 e. The Balaban J connectivity index is 2.95. The average molecular weight is 265 g/mol. The molecule has 106 valence electrons. The van der Waals surface area contributed by atoms with Crippen LogP contribution in [-0.4, -0.2) is 17.0 Å². The molecule has 0 saturated carbocycles. The van der Waals surface area contributed by atoms with Crippen molar-refractivity contribution in [2.24, 2.45) is 11.7 Å². The number of benzene rings is 1. The Hall–Kier alpha value is -1.62. The molecule has 5 heteroatoms. The highest BCUT2D eigenvalue weighted by Crippen LogP contribution is 2.26. The van der Waals surface area contributed by atoms with Crippen LogP contribution >= 0.6 is 0 Å². The highest BCUT2D eigenvalue weighted by atomic mass is 16.6. The van der Waals surface area contributed by atoms with Gasteiger partial charge in [0.25, 0.3) is 5.69 Å². The van der Waals surface area contributed by atoms with Gasteiger partial charge in [-0.05, 0) is 37.8 Å². The smallest absolute Gasteiger partial charge is 0.269 e. The van der Waals surface area contributed by atoms with Crippen molar-refractivity contribution < 1.29 is 4.92 Å². The van der Waals surface area contributed by atoms with Crippen LogP contribution in [0.2, 0.25) is 0 Å². The molecule has 0 saturated heterocycles. The van der Waals surface area contributed by atoms with E-state index in [0.717, 1.165) is 17.7 Å². The van der Waals surface area contributed by atoms with Gasteiger partial charge >= 0.3 is 0 Å². The van der Waals surface area contributed by atoms with Crippen LogP contribution < -0.4 is 11.1 Å². The van der Waals surface area contributed by atoms with Crippen LogP contribution in [0.3, 0.4) is 0 Å². The third-order valence-corrected chi connectivity index (χ3v) is 3.17. The topological polar surface area (TPSA) is 81.2 Å². The van der Waals surface area contributed by atoms with E-state index in [-0.39, 0.29) is 16.1 Å². The van der Waals surface area contributed by atoms with Crippen LogP contribution in [0, 0.1) is 23.0 Å². The van der Waals surface area contributed by atoms with E-state index in [0.29, 0.717) is 12.5 Å². The number of nitro benzene ring substituents is 1. The zero-order chi connectivity index (χ0) is 14.6. The highest BCUT2D eigenvalue weighted by Gasteiger charge is 2.24. The molecule has 1 aromatic rings. The van der Waals surface area contributed by atoms with E-state index in [9.17, 15) is 10.1 Å². The van der Waals surface area contributed by atoms with Gasteiger partial charge in [0.15, 0.2) is 0 Å². The molecule has 3 N–H and O–H groups in total. The van der Waals surface area contributed by atoms with E-state index in [4.69, 9.17) is 5.73 Å². The zero-order valence-corrected chi connectivity index (χ0v) is 12.1. The molecule has 0 radical (unpaired) electrons. The third-order valence-electron chi connectivity index (χ3n) is 3.17. The molecule has 0 fully saturated rings. The molecule has 0 aliphatic rings. The van der Waals surface area contributed by atoms with Gasteiger partial charge in [-0.15, -0.1) is 0 Å². The van der Waals surface area contributed by atoms with Gasteiger partial charge in [-0.1, -0.05) is 13.8 Å². The van der Waals surface area contributed by atoms with Crippen molar-refractivity contribution in [2.75, 3.05) is 11.9 Å². The predicted octanol–water partition coefficient (Wildman–Crippen LogP) is 3.08. The Morgan fingerprint density at radius 1 is 1.47 bits per heavy atom. The van der Waals surface area contributed by atoms with Gasteiger partial charge in [-0.3, -0.25) is 10.1 Å². The minimum absolute atomic E-state index is 0.112. The lowest BCUT2D eigenvalue weighted by molar-refractivity contribution is -0.384. The highest BCUT2D eigenvalue weighted by molar-refractivity contribution is 5.56. The molecule has 1 unspecified atom stereocenters. The van der Waals surface area contributed by atoms with Crippen molar-refractivity contribution in [3.63, 3.8) is 0 Å². The molecular formula is C14H23N3O2. The van der Waals surface area contributed by atoms with Crippen LogP contribution in [0.4, 0.5) is 11.4 Å². The van der Waals surface area contributed by atoms with Crippen molar-refractivity contribution in [1.29, 1.82) is 0 Å². The number of nitrogens with one attached hydrogen (secondary N) is 1. The van der Waals surface area contributed by atoms with E-state index >= 15 is 0 Å². The Labute approximate surface area is 114 Å². The maximum Gasteiger partial charge on any atom is 0.269 e. The number of hydrogen-bond donors (Lipinski definition) is 2. The number of non-ortho nitro benzene ring substituents is 1. The lowest BCUT2D eigenvalue weighted by Gasteiger charge is -2.33. The monoisotopic (exact) mass is 265 g/mol. The number of hydrogen-bond acceptors (Lipinski definition) is 4. The summed E-state index contributed by atoms with van der Waals surface area (Å²) in [6.45, 7) is 8.76. The summed E-state index contributed by atoms with van der Waals surface area (Å²) in [6.07, 6.45) is 0.944. The normalized spacial score (nSPS) is 14.2. The number of nitrogens with two attached hydrogens (primary N) is 1. The van der Waals surface area contributed by atoms with Crippen molar-refractivity contribution in [1.82, 2.24) is 0 Å². The molecule has 0 aromatic heterocycles.